The van der Waals surface area contributed by atoms with Crippen molar-refractivity contribution in [1.82, 2.24) is 9.80 Å². The molecule has 0 bridgehead atoms. The zero-order valence-corrected chi connectivity index (χ0v) is 12.5. The lowest BCUT2D eigenvalue weighted by Gasteiger charge is -2.38. The molecule has 0 aromatic heterocycles. The molecule has 0 unspecified atom stereocenters. The molecule has 1 N–H and O–H groups in total. The molecule has 2 amide bonds. The maximum Gasteiger partial charge on any atom is 0.319 e. The van der Waals surface area contributed by atoms with Crippen molar-refractivity contribution in [2.45, 2.75) is 40.0 Å². The molecule has 0 aromatic rings. The third-order valence-electron chi connectivity index (χ3n) is 4.02. The number of hydrogen-bond acceptors (Lipinski definition) is 2. The summed E-state index contributed by atoms with van der Waals surface area (Å²) in [5.74, 6) is -0.181. The minimum Gasteiger partial charge on any atom is -0.481 e. The Morgan fingerprint density at radius 3 is 2.26 bits per heavy atom. The number of urea groups is 1. The van der Waals surface area contributed by atoms with Gasteiger partial charge in [0.25, 0.3) is 0 Å². The molecule has 1 aliphatic rings. The van der Waals surface area contributed by atoms with E-state index in [9.17, 15) is 9.59 Å². The van der Waals surface area contributed by atoms with E-state index in [0.29, 0.717) is 31.8 Å². The minimum atomic E-state index is -0.757. The minimum absolute atomic E-state index is 0.0214. The maximum atomic E-state index is 12.2. The molecule has 0 saturated carbocycles. The first kappa shape index (κ1) is 15.8. The second-order valence-electron chi connectivity index (χ2n) is 6.24. The molecular weight excluding hydrogens is 244 g/mol. The second-order valence-corrected chi connectivity index (χ2v) is 6.24. The third-order valence-corrected chi connectivity index (χ3v) is 4.02. The molecule has 1 aliphatic heterocycles. The van der Waals surface area contributed by atoms with Crippen LogP contribution in [0.4, 0.5) is 4.79 Å². The summed E-state index contributed by atoms with van der Waals surface area (Å²) in [6.45, 7) is 7.86. The quantitative estimate of drug-likeness (QED) is 0.852. The van der Waals surface area contributed by atoms with Crippen molar-refractivity contribution >= 4 is 12.0 Å². The molecule has 5 heteroatoms. The average molecular weight is 270 g/mol. The molecule has 0 aromatic carbocycles. The summed E-state index contributed by atoms with van der Waals surface area (Å²) in [7, 11) is 1.82. The summed E-state index contributed by atoms with van der Waals surface area (Å²) in [4.78, 5) is 26.9. The van der Waals surface area contributed by atoms with Crippen LogP contribution in [-0.2, 0) is 4.79 Å². The van der Waals surface area contributed by atoms with Gasteiger partial charge in [-0.3, -0.25) is 4.79 Å². The number of carbonyl (C=O) groups excluding carboxylic acids is 1. The number of carbonyl (C=O) groups is 2. The summed E-state index contributed by atoms with van der Waals surface area (Å²) >= 11 is 0. The lowest BCUT2D eigenvalue weighted by molar-refractivity contribution is -0.150. The molecule has 1 rings (SSSR count). The monoisotopic (exact) mass is 270 g/mol. The molecule has 1 saturated heterocycles. The first-order valence-corrected chi connectivity index (χ1v) is 7.00. The summed E-state index contributed by atoms with van der Waals surface area (Å²) in [6, 6.07) is 0.0214. The Labute approximate surface area is 115 Å². The first-order valence-electron chi connectivity index (χ1n) is 7.00. The van der Waals surface area contributed by atoms with Crippen LogP contribution in [0.3, 0.4) is 0 Å². The van der Waals surface area contributed by atoms with E-state index in [4.69, 9.17) is 5.11 Å². The molecular formula is C14H26N2O3. The zero-order chi connectivity index (χ0) is 14.6. The van der Waals surface area contributed by atoms with Gasteiger partial charge in [-0.05, 0) is 32.1 Å². The van der Waals surface area contributed by atoms with Crippen LogP contribution in [0.25, 0.3) is 0 Å². The average Bonchev–Trinajstić information content (AvgIpc) is 2.35. The number of nitrogens with zero attached hydrogens (tertiary/aromatic N) is 2. The van der Waals surface area contributed by atoms with Crippen LogP contribution in [0.2, 0.25) is 0 Å². The normalized spacial score (nSPS) is 18.5. The Hall–Kier alpha value is -1.26. The van der Waals surface area contributed by atoms with Gasteiger partial charge in [-0.2, -0.15) is 0 Å². The van der Waals surface area contributed by atoms with Crippen LogP contribution in [0.15, 0.2) is 0 Å². The van der Waals surface area contributed by atoms with E-state index in [2.05, 4.69) is 13.8 Å². The molecule has 0 aliphatic carbocycles. The van der Waals surface area contributed by atoms with E-state index < -0.39 is 11.4 Å². The fourth-order valence-corrected chi connectivity index (χ4v) is 2.19. The van der Waals surface area contributed by atoms with Crippen LogP contribution >= 0.6 is 0 Å². The smallest absolute Gasteiger partial charge is 0.319 e. The van der Waals surface area contributed by atoms with Crippen molar-refractivity contribution in [1.29, 1.82) is 0 Å². The van der Waals surface area contributed by atoms with E-state index in [-0.39, 0.29) is 6.03 Å². The van der Waals surface area contributed by atoms with Crippen molar-refractivity contribution in [3.05, 3.63) is 0 Å². The Kier molecular flexibility index (Phi) is 5.20. The maximum absolute atomic E-state index is 12.2. The Morgan fingerprint density at radius 1 is 1.32 bits per heavy atom. The van der Waals surface area contributed by atoms with Gasteiger partial charge in [0.15, 0.2) is 0 Å². The van der Waals surface area contributed by atoms with Gasteiger partial charge in [-0.1, -0.05) is 13.8 Å². The number of piperidine rings is 1. The molecule has 1 heterocycles. The van der Waals surface area contributed by atoms with Gasteiger partial charge in [0.05, 0.1) is 5.41 Å². The topological polar surface area (TPSA) is 60.9 Å². The van der Waals surface area contributed by atoms with Crippen molar-refractivity contribution in [3.63, 3.8) is 0 Å². The van der Waals surface area contributed by atoms with Gasteiger partial charge >= 0.3 is 12.0 Å². The van der Waals surface area contributed by atoms with E-state index in [1.807, 2.05) is 7.05 Å². The van der Waals surface area contributed by atoms with E-state index in [0.717, 1.165) is 13.0 Å². The first-order chi connectivity index (χ1) is 8.76. The summed E-state index contributed by atoms with van der Waals surface area (Å²) in [5, 5.41) is 9.16. The summed E-state index contributed by atoms with van der Waals surface area (Å²) in [6.07, 6.45) is 2.06. The number of carboxylic acids is 1. The molecule has 0 radical (unpaired) electrons. The van der Waals surface area contributed by atoms with Crippen LogP contribution in [-0.4, -0.2) is 53.6 Å². The zero-order valence-electron chi connectivity index (χ0n) is 12.5. The van der Waals surface area contributed by atoms with Crippen molar-refractivity contribution in [2.75, 3.05) is 26.7 Å². The van der Waals surface area contributed by atoms with Gasteiger partial charge in [0, 0.05) is 26.7 Å². The lowest BCUT2D eigenvalue weighted by atomic mass is 9.80. The fourth-order valence-electron chi connectivity index (χ4n) is 2.19. The fraction of sp³-hybridized carbons (Fsp3) is 0.857. The summed E-state index contributed by atoms with van der Waals surface area (Å²) < 4.78 is 0. The number of rotatable bonds is 4. The largest absolute Gasteiger partial charge is 0.481 e. The SMILES string of the molecule is CC(C)CCN(C)C(=O)N1CCC(C)(C(=O)O)CC1. The molecule has 0 spiro atoms. The number of hydrogen-bond donors (Lipinski definition) is 1. The highest BCUT2D eigenvalue weighted by Crippen LogP contribution is 2.31. The van der Waals surface area contributed by atoms with Gasteiger partial charge in [-0.25, -0.2) is 4.79 Å². The lowest BCUT2D eigenvalue weighted by Crippen LogP contribution is -2.49. The number of carboxylic acid groups (broad SMARTS) is 1. The molecule has 110 valence electrons. The Balaban J connectivity index is 2.46. The van der Waals surface area contributed by atoms with E-state index >= 15 is 0 Å². The van der Waals surface area contributed by atoms with Gasteiger partial charge in [0.2, 0.25) is 0 Å². The second kappa shape index (κ2) is 6.26. The van der Waals surface area contributed by atoms with Crippen molar-refractivity contribution < 1.29 is 14.7 Å². The van der Waals surface area contributed by atoms with E-state index in [1.165, 1.54) is 0 Å². The number of likely N-dealkylation sites (tertiary alicyclic amines) is 1. The highest BCUT2D eigenvalue weighted by molar-refractivity contribution is 5.76. The standard InChI is InChI=1S/C14H26N2O3/c1-11(2)5-8-15(4)13(19)16-9-6-14(3,7-10-16)12(17)18/h11H,5-10H2,1-4H3,(H,17,18). The third kappa shape index (κ3) is 4.11. The van der Waals surface area contributed by atoms with Gasteiger partial charge in [0.1, 0.15) is 0 Å². The number of amides is 2. The summed E-state index contributed by atoms with van der Waals surface area (Å²) in [5.41, 5.74) is -0.673. The van der Waals surface area contributed by atoms with Crippen molar-refractivity contribution in [2.24, 2.45) is 11.3 Å². The van der Waals surface area contributed by atoms with Crippen LogP contribution in [0, 0.1) is 11.3 Å². The van der Waals surface area contributed by atoms with Gasteiger partial charge < -0.3 is 14.9 Å². The predicted molar refractivity (Wildman–Crippen MR) is 74.0 cm³/mol. The van der Waals surface area contributed by atoms with Crippen LogP contribution in [0.1, 0.15) is 40.0 Å². The highest BCUT2D eigenvalue weighted by Gasteiger charge is 2.38. The van der Waals surface area contributed by atoms with Crippen LogP contribution < -0.4 is 0 Å². The van der Waals surface area contributed by atoms with Crippen LogP contribution in [0.5, 0.6) is 0 Å². The number of aliphatic carboxylic acids is 1. The molecule has 0 atom stereocenters. The Bertz CT molecular complexity index is 334. The van der Waals surface area contributed by atoms with E-state index in [1.54, 1.807) is 16.7 Å². The highest BCUT2D eigenvalue weighted by atomic mass is 16.4. The predicted octanol–water partition coefficient (Wildman–Crippen LogP) is 2.27. The molecule has 1 fully saturated rings. The van der Waals surface area contributed by atoms with Crippen molar-refractivity contribution in [3.8, 4) is 0 Å². The molecule has 19 heavy (non-hydrogen) atoms. The van der Waals surface area contributed by atoms with Gasteiger partial charge in [-0.15, -0.1) is 0 Å². The molecule has 5 nitrogen and oxygen atoms in total. The Morgan fingerprint density at radius 2 is 1.84 bits per heavy atom.